The predicted octanol–water partition coefficient (Wildman–Crippen LogP) is 1.15. The molecule has 1 amide bonds. The van der Waals surface area contributed by atoms with Crippen LogP contribution in [0, 0.1) is 0 Å². The van der Waals surface area contributed by atoms with Crippen molar-refractivity contribution in [3.63, 3.8) is 0 Å². The molecule has 6 nitrogen and oxygen atoms in total. The summed E-state index contributed by atoms with van der Waals surface area (Å²) in [6.45, 7) is 0.362. The van der Waals surface area contributed by atoms with Gasteiger partial charge in [-0.25, -0.2) is 9.97 Å². The number of carbonyl (C=O) groups excluding carboxylic acids is 1. The van der Waals surface area contributed by atoms with Gasteiger partial charge in [-0.05, 0) is 12.8 Å². The number of unbranched alkanes of at least 4 members (excludes halogenated alkanes) is 1. The zero-order chi connectivity index (χ0) is 14.5. The number of rotatable bonds is 6. The predicted molar refractivity (Wildman–Crippen MR) is 63.0 cm³/mol. The number of primary amides is 1. The Labute approximate surface area is 107 Å². The maximum absolute atomic E-state index is 12.4. The van der Waals surface area contributed by atoms with E-state index >= 15 is 0 Å². The van der Waals surface area contributed by atoms with Crippen molar-refractivity contribution in [1.29, 1.82) is 0 Å². The Morgan fingerprint density at radius 2 is 2.00 bits per heavy atom. The first-order valence-corrected chi connectivity index (χ1v) is 5.53. The molecular weight excluding hydrogens is 263 g/mol. The van der Waals surface area contributed by atoms with Crippen molar-refractivity contribution in [2.45, 2.75) is 25.4 Å². The number of hydrogen-bond acceptors (Lipinski definition) is 5. The van der Waals surface area contributed by atoms with E-state index in [1.165, 1.54) is 6.07 Å². The third kappa shape index (κ3) is 5.40. The first-order valence-electron chi connectivity index (χ1n) is 5.53. The van der Waals surface area contributed by atoms with E-state index in [2.05, 4.69) is 15.3 Å². The zero-order valence-electron chi connectivity index (χ0n) is 10.00. The lowest BCUT2D eigenvalue weighted by Crippen LogP contribution is -2.15. The van der Waals surface area contributed by atoms with Gasteiger partial charge < -0.3 is 16.8 Å². The summed E-state index contributed by atoms with van der Waals surface area (Å²) in [6.07, 6.45) is -3.28. The molecule has 0 aliphatic rings. The molecule has 0 spiro atoms. The van der Waals surface area contributed by atoms with Gasteiger partial charge in [-0.2, -0.15) is 13.2 Å². The van der Waals surface area contributed by atoms with Gasteiger partial charge in [-0.3, -0.25) is 4.79 Å². The van der Waals surface area contributed by atoms with E-state index in [4.69, 9.17) is 11.5 Å². The average molecular weight is 277 g/mol. The van der Waals surface area contributed by atoms with E-state index in [0.29, 0.717) is 19.4 Å². The minimum atomic E-state index is -4.64. The molecule has 0 saturated carbocycles. The van der Waals surface area contributed by atoms with Crippen molar-refractivity contribution >= 4 is 17.5 Å². The Balaban J connectivity index is 2.54. The summed E-state index contributed by atoms with van der Waals surface area (Å²) in [4.78, 5) is 16.9. The van der Waals surface area contributed by atoms with E-state index in [0.717, 1.165) is 0 Å². The summed E-state index contributed by atoms with van der Waals surface area (Å²) in [5.74, 6) is -1.96. The lowest BCUT2D eigenvalue weighted by atomic mass is 10.2. The van der Waals surface area contributed by atoms with Crippen LogP contribution in [0.5, 0.6) is 0 Å². The number of nitrogens with zero attached hydrogens (tertiary/aromatic N) is 2. The lowest BCUT2D eigenvalue weighted by Gasteiger charge is -2.09. The Morgan fingerprint density at radius 1 is 1.32 bits per heavy atom. The van der Waals surface area contributed by atoms with E-state index in [9.17, 15) is 18.0 Å². The molecule has 1 aromatic rings. The normalized spacial score (nSPS) is 11.3. The fourth-order valence-corrected chi connectivity index (χ4v) is 1.32. The van der Waals surface area contributed by atoms with E-state index in [1.807, 2.05) is 0 Å². The molecule has 9 heteroatoms. The second-order valence-electron chi connectivity index (χ2n) is 3.85. The number of nitrogens with two attached hydrogens (primary N) is 2. The Kier molecular flexibility index (Phi) is 4.90. The second-order valence-corrected chi connectivity index (χ2v) is 3.85. The van der Waals surface area contributed by atoms with Crippen molar-refractivity contribution in [3.05, 3.63) is 11.9 Å². The molecule has 5 N–H and O–H groups in total. The molecule has 0 radical (unpaired) electrons. The van der Waals surface area contributed by atoms with Crippen LogP contribution in [0.3, 0.4) is 0 Å². The molecular formula is C10H14F3N5O. The highest BCUT2D eigenvalue weighted by Gasteiger charge is 2.35. The summed E-state index contributed by atoms with van der Waals surface area (Å²) in [5, 5.41) is 2.69. The average Bonchev–Trinajstić information content (AvgIpc) is 2.26. The largest absolute Gasteiger partial charge is 0.451 e. The standard InChI is InChI=1S/C10H14F3N5O/c11-10(12,13)9-17-6(14)5-8(18-9)16-4-2-1-3-7(15)19/h5H,1-4H2,(H2,15,19)(H3,14,16,17,18). The molecule has 0 aliphatic heterocycles. The number of carbonyl (C=O) groups is 1. The number of alkyl halides is 3. The van der Waals surface area contributed by atoms with Crippen LogP contribution in [0.15, 0.2) is 6.07 Å². The summed E-state index contributed by atoms with van der Waals surface area (Å²) < 4.78 is 37.3. The molecule has 1 aromatic heterocycles. The molecule has 0 fully saturated rings. The molecule has 0 aromatic carbocycles. The molecule has 19 heavy (non-hydrogen) atoms. The number of hydrogen-bond donors (Lipinski definition) is 3. The van der Waals surface area contributed by atoms with Gasteiger partial charge >= 0.3 is 6.18 Å². The fraction of sp³-hybridized carbons (Fsp3) is 0.500. The van der Waals surface area contributed by atoms with Gasteiger partial charge in [0.15, 0.2) is 0 Å². The van der Waals surface area contributed by atoms with Crippen LogP contribution in [0.2, 0.25) is 0 Å². The van der Waals surface area contributed by atoms with Gasteiger partial charge in [0, 0.05) is 19.0 Å². The Hall–Kier alpha value is -2.06. The number of aromatic nitrogens is 2. The van der Waals surface area contributed by atoms with Gasteiger partial charge in [0.1, 0.15) is 11.6 Å². The minimum absolute atomic E-state index is 0.00102. The SMILES string of the molecule is NC(=O)CCCCNc1cc(N)nc(C(F)(F)F)n1. The van der Waals surface area contributed by atoms with Crippen LogP contribution >= 0.6 is 0 Å². The summed E-state index contributed by atoms with van der Waals surface area (Å²) >= 11 is 0. The third-order valence-electron chi connectivity index (χ3n) is 2.16. The quantitative estimate of drug-likeness (QED) is 0.676. The van der Waals surface area contributed by atoms with Crippen LogP contribution in [0.1, 0.15) is 25.1 Å². The van der Waals surface area contributed by atoms with Crippen LogP contribution in [0.25, 0.3) is 0 Å². The Morgan fingerprint density at radius 3 is 2.58 bits per heavy atom. The monoisotopic (exact) mass is 277 g/mol. The number of anilines is 2. The maximum Gasteiger partial charge on any atom is 0.451 e. The van der Waals surface area contributed by atoms with E-state index in [1.54, 1.807) is 0 Å². The van der Waals surface area contributed by atoms with Crippen molar-refractivity contribution in [3.8, 4) is 0 Å². The number of nitrogen functional groups attached to an aromatic ring is 1. The molecule has 0 bridgehead atoms. The third-order valence-corrected chi connectivity index (χ3v) is 2.16. The van der Waals surface area contributed by atoms with Crippen molar-refractivity contribution in [1.82, 2.24) is 9.97 Å². The maximum atomic E-state index is 12.4. The molecule has 1 rings (SSSR count). The van der Waals surface area contributed by atoms with Crippen LogP contribution < -0.4 is 16.8 Å². The van der Waals surface area contributed by atoms with Gasteiger partial charge in [0.05, 0.1) is 0 Å². The highest BCUT2D eigenvalue weighted by Crippen LogP contribution is 2.27. The van der Waals surface area contributed by atoms with Gasteiger partial charge in [0.2, 0.25) is 11.7 Å². The first kappa shape index (κ1) is 15.0. The molecule has 0 saturated heterocycles. The highest BCUT2D eigenvalue weighted by atomic mass is 19.4. The summed E-state index contributed by atoms with van der Waals surface area (Å²) in [7, 11) is 0. The molecule has 1 heterocycles. The second kappa shape index (κ2) is 6.21. The van der Waals surface area contributed by atoms with Crippen LogP contribution in [-0.4, -0.2) is 22.4 Å². The fourth-order valence-electron chi connectivity index (χ4n) is 1.32. The Bertz CT molecular complexity index is 449. The van der Waals surface area contributed by atoms with Crippen LogP contribution in [0.4, 0.5) is 24.8 Å². The minimum Gasteiger partial charge on any atom is -0.384 e. The van der Waals surface area contributed by atoms with Gasteiger partial charge in [0.25, 0.3) is 0 Å². The molecule has 0 atom stereocenters. The molecule has 106 valence electrons. The van der Waals surface area contributed by atoms with Crippen molar-refractivity contribution in [2.24, 2.45) is 5.73 Å². The number of amides is 1. The van der Waals surface area contributed by atoms with Crippen molar-refractivity contribution < 1.29 is 18.0 Å². The van der Waals surface area contributed by atoms with Gasteiger partial charge in [-0.1, -0.05) is 0 Å². The van der Waals surface area contributed by atoms with Crippen molar-refractivity contribution in [2.75, 3.05) is 17.6 Å². The molecule has 0 aliphatic carbocycles. The topological polar surface area (TPSA) is 107 Å². The summed E-state index contributed by atoms with van der Waals surface area (Å²) in [6, 6.07) is 1.21. The summed E-state index contributed by atoms with van der Waals surface area (Å²) in [5.41, 5.74) is 10.2. The highest BCUT2D eigenvalue weighted by molar-refractivity contribution is 5.73. The number of halogens is 3. The molecule has 0 unspecified atom stereocenters. The number of nitrogens with one attached hydrogen (secondary N) is 1. The van der Waals surface area contributed by atoms with E-state index < -0.39 is 17.9 Å². The zero-order valence-corrected chi connectivity index (χ0v) is 10.00. The van der Waals surface area contributed by atoms with Crippen LogP contribution in [-0.2, 0) is 11.0 Å². The smallest absolute Gasteiger partial charge is 0.384 e. The first-order chi connectivity index (χ1) is 8.79. The van der Waals surface area contributed by atoms with E-state index in [-0.39, 0.29) is 18.1 Å². The lowest BCUT2D eigenvalue weighted by molar-refractivity contribution is -0.144. The van der Waals surface area contributed by atoms with Gasteiger partial charge in [-0.15, -0.1) is 0 Å².